The zero-order valence-electron chi connectivity index (χ0n) is 10.3. The van der Waals surface area contributed by atoms with Gasteiger partial charge in [0.15, 0.2) is 0 Å². The van der Waals surface area contributed by atoms with E-state index in [2.05, 4.69) is 15.9 Å². The number of rotatable bonds is 3. The second kappa shape index (κ2) is 6.20. The number of morpholine rings is 1. The first kappa shape index (κ1) is 13.4. The Kier molecular flexibility index (Phi) is 4.60. The summed E-state index contributed by atoms with van der Waals surface area (Å²) in [5, 5.41) is 0.731. The molecule has 1 aliphatic rings. The summed E-state index contributed by atoms with van der Waals surface area (Å²) in [6.45, 7) is 1.83. The molecular weight excluding hydrogens is 298 g/mol. The Hall–Kier alpha value is -1.07. The zero-order valence-corrected chi connectivity index (χ0v) is 11.9. The summed E-state index contributed by atoms with van der Waals surface area (Å²) < 4.78 is 10.5. The van der Waals surface area contributed by atoms with E-state index in [9.17, 15) is 4.79 Å². The smallest absolute Gasteiger partial charge is 0.254 e. The largest absolute Gasteiger partial charge is 0.497 e. The van der Waals surface area contributed by atoms with Gasteiger partial charge in [0.1, 0.15) is 5.75 Å². The number of amides is 1. The molecule has 98 valence electrons. The van der Waals surface area contributed by atoms with Crippen molar-refractivity contribution in [3.05, 3.63) is 29.8 Å². The van der Waals surface area contributed by atoms with Gasteiger partial charge in [-0.15, -0.1) is 0 Å². The predicted octanol–water partition coefficient (Wildman–Crippen LogP) is 1.93. The Morgan fingerprint density at radius 2 is 2.22 bits per heavy atom. The van der Waals surface area contributed by atoms with Crippen LogP contribution in [0.2, 0.25) is 0 Å². The highest BCUT2D eigenvalue weighted by Crippen LogP contribution is 2.17. The Morgan fingerprint density at radius 1 is 1.50 bits per heavy atom. The predicted molar refractivity (Wildman–Crippen MR) is 72.4 cm³/mol. The molecule has 1 amide bonds. The van der Waals surface area contributed by atoms with Crippen molar-refractivity contribution in [2.24, 2.45) is 0 Å². The lowest BCUT2D eigenvalue weighted by atomic mass is 10.1. The number of carbonyl (C=O) groups excluding carboxylic acids is 1. The van der Waals surface area contributed by atoms with Crippen molar-refractivity contribution < 1.29 is 14.3 Å². The highest BCUT2D eigenvalue weighted by Gasteiger charge is 2.27. The lowest BCUT2D eigenvalue weighted by Gasteiger charge is -2.34. The van der Waals surface area contributed by atoms with E-state index >= 15 is 0 Å². The number of alkyl halides is 1. The van der Waals surface area contributed by atoms with Crippen LogP contribution in [0.1, 0.15) is 10.4 Å². The Bertz CT molecular complexity index is 407. The highest BCUT2D eigenvalue weighted by molar-refractivity contribution is 9.09. The second-order valence-electron chi connectivity index (χ2n) is 4.11. The number of ether oxygens (including phenoxy) is 2. The van der Waals surface area contributed by atoms with Crippen LogP contribution in [0.3, 0.4) is 0 Å². The molecule has 5 heteroatoms. The molecule has 2 rings (SSSR count). The molecular formula is C13H16BrNO3. The molecule has 1 heterocycles. The molecule has 0 aromatic heterocycles. The van der Waals surface area contributed by atoms with Gasteiger partial charge >= 0.3 is 0 Å². The van der Waals surface area contributed by atoms with Gasteiger partial charge in [0.25, 0.3) is 5.91 Å². The summed E-state index contributed by atoms with van der Waals surface area (Å²) in [7, 11) is 1.61. The first-order valence-electron chi connectivity index (χ1n) is 5.85. The summed E-state index contributed by atoms with van der Waals surface area (Å²) in [5.41, 5.74) is 0.684. The van der Waals surface area contributed by atoms with E-state index < -0.39 is 0 Å². The summed E-state index contributed by atoms with van der Waals surface area (Å²) in [6, 6.07) is 7.30. The van der Waals surface area contributed by atoms with Gasteiger partial charge in [-0.25, -0.2) is 0 Å². The third-order valence-corrected chi connectivity index (χ3v) is 3.75. The van der Waals surface area contributed by atoms with Crippen molar-refractivity contribution in [2.75, 3.05) is 32.2 Å². The molecule has 0 radical (unpaired) electrons. The van der Waals surface area contributed by atoms with Gasteiger partial charge in [-0.2, -0.15) is 0 Å². The minimum absolute atomic E-state index is 0.0467. The maximum atomic E-state index is 12.4. The van der Waals surface area contributed by atoms with E-state index in [-0.39, 0.29) is 11.9 Å². The van der Waals surface area contributed by atoms with Crippen LogP contribution in [0.5, 0.6) is 5.75 Å². The van der Waals surface area contributed by atoms with Gasteiger partial charge in [-0.05, 0) is 24.3 Å². The minimum atomic E-state index is 0.0467. The van der Waals surface area contributed by atoms with Crippen LogP contribution in [0.4, 0.5) is 0 Å². The van der Waals surface area contributed by atoms with Crippen molar-refractivity contribution in [1.29, 1.82) is 0 Å². The molecule has 1 aliphatic heterocycles. The molecule has 0 aliphatic carbocycles. The molecule has 1 aromatic rings. The summed E-state index contributed by atoms with van der Waals surface area (Å²) >= 11 is 3.42. The Labute approximate surface area is 115 Å². The van der Waals surface area contributed by atoms with Crippen molar-refractivity contribution in [1.82, 2.24) is 4.90 Å². The van der Waals surface area contributed by atoms with Crippen LogP contribution in [0.25, 0.3) is 0 Å². The van der Waals surface area contributed by atoms with E-state index in [1.165, 1.54) is 0 Å². The SMILES string of the molecule is COc1ccc(C(=O)N2CCOCC2CBr)cc1. The van der Waals surface area contributed by atoms with Crippen LogP contribution in [-0.2, 0) is 4.74 Å². The number of benzene rings is 1. The lowest BCUT2D eigenvalue weighted by molar-refractivity contribution is 0.00525. The second-order valence-corrected chi connectivity index (χ2v) is 4.76. The molecule has 0 bridgehead atoms. The monoisotopic (exact) mass is 313 g/mol. The van der Waals surface area contributed by atoms with Gasteiger partial charge in [-0.3, -0.25) is 4.79 Å². The van der Waals surface area contributed by atoms with Crippen molar-refractivity contribution in [3.8, 4) is 5.75 Å². The van der Waals surface area contributed by atoms with E-state index in [1.807, 2.05) is 4.90 Å². The van der Waals surface area contributed by atoms with E-state index in [1.54, 1.807) is 31.4 Å². The average Bonchev–Trinajstić information content (AvgIpc) is 2.46. The molecule has 0 spiro atoms. The molecule has 1 saturated heterocycles. The standard InChI is InChI=1S/C13H16BrNO3/c1-17-12-4-2-10(3-5-12)13(16)15-6-7-18-9-11(15)8-14/h2-5,11H,6-9H2,1H3. The molecule has 4 nitrogen and oxygen atoms in total. The minimum Gasteiger partial charge on any atom is -0.497 e. The van der Waals surface area contributed by atoms with Crippen LogP contribution in [0.15, 0.2) is 24.3 Å². The van der Waals surface area contributed by atoms with Crippen LogP contribution >= 0.6 is 15.9 Å². The van der Waals surface area contributed by atoms with Crippen LogP contribution in [0, 0.1) is 0 Å². The molecule has 0 N–H and O–H groups in total. The fourth-order valence-corrected chi connectivity index (χ4v) is 2.49. The average molecular weight is 314 g/mol. The molecule has 18 heavy (non-hydrogen) atoms. The zero-order chi connectivity index (χ0) is 13.0. The van der Waals surface area contributed by atoms with Gasteiger partial charge in [-0.1, -0.05) is 15.9 Å². The van der Waals surface area contributed by atoms with E-state index in [4.69, 9.17) is 9.47 Å². The van der Waals surface area contributed by atoms with Crippen molar-refractivity contribution >= 4 is 21.8 Å². The quantitative estimate of drug-likeness (QED) is 0.800. The van der Waals surface area contributed by atoms with Gasteiger partial charge < -0.3 is 14.4 Å². The number of hydrogen-bond acceptors (Lipinski definition) is 3. The number of nitrogens with zero attached hydrogens (tertiary/aromatic N) is 1. The fraction of sp³-hybridized carbons (Fsp3) is 0.462. The van der Waals surface area contributed by atoms with E-state index in [0.717, 1.165) is 11.1 Å². The summed E-state index contributed by atoms with van der Waals surface area (Å²) in [4.78, 5) is 14.2. The first-order valence-corrected chi connectivity index (χ1v) is 6.97. The highest BCUT2D eigenvalue weighted by atomic mass is 79.9. The van der Waals surface area contributed by atoms with Gasteiger partial charge in [0, 0.05) is 17.4 Å². The normalized spacial score (nSPS) is 19.7. The number of hydrogen-bond donors (Lipinski definition) is 0. The van der Waals surface area contributed by atoms with Crippen LogP contribution < -0.4 is 4.74 Å². The number of halogens is 1. The summed E-state index contributed by atoms with van der Waals surface area (Å²) in [5.74, 6) is 0.802. The van der Waals surface area contributed by atoms with E-state index in [0.29, 0.717) is 25.3 Å². The molecule has 0 saturated carbocycles. The van der Waals surface area contributed by atoms with Gasteiger partial charge in [0.05, 0.1) is 26.4 Å². The molecule has 1 fully saturated rings. The maximum Gasteiger partial charge on any atom is 0.254 e. The topological polar surface area (TPSA) is 38.8 Å². The van der Waals surface area contributed by atoms with Crippen molar-refractivity contribution in [3.63, 3.8) is 0 Å². The number of methoxy groups -OCH3 is 1. The third-order valence-electron chi connectivity index (χ3n) is 3.00. The fourth-order valence-electron chi connectivity index (χ4n) is 1.95. The lowest BCUT2D eigenvalue weighted by Crippen LogP contribution is -2.49. The Balaban J connectivity index is 2.13. The molecule has 1 aromatic carbocycles. The number of carbonyl (C=O) groups is 1. The maximum absolute atomic E-state index is 12.4. The molecule has 1 unspecified atom stereocenters. The third kappa shape index (κ3) is 2.84. The Morgan fingerprint density at radius 3 is 2.83 bits per heavy atom. The molecule has 1 atom stereocenters. The van der Waals surface area contributed by atoms with Gasteiger partial charge in [0.2, 0.25) is 0 Å². The van der Waals surface area contributed by atoms with Crippen molar-refractivity contribution in [2.45, 2.75) is 6.04 Å². The van der Waals surface area contributed by atoms with Crippen LogP contribution in [-0.4, -0.2) is 49.0 Å². The first-order chi connectivity index (χ1) is 8.76. The summed E-state index contributed by atoms with van der Waals surface area (Å²) in [6.07, 6.45) is 0.